The summed E-state index contributed by atoms with van der Waals surface area (Å²) in [6.45, 7) is 7.10. The minimum Gasteiger partial charge on any atom is -0.395 e. The van der Waals surface area contributed by atoms with E-state index in [2.05, 4.69) is 26.6 Å². The highest BCUT2D eigenvalue weighted by molar-refractivity contribution is 4.95. The highest BCUT2D eigenvalue weighted by Gasteiger charge is 2.25. The maximum Gasteiger partial charge on any atom is 0.147 e. The fourth-order valence-electron chi connectivity index (χ4n) is 2.44. The van der Waals surface area contributed by atoms with Crippen LogP contribution in [0.4, 0.5) is 0 Å². The van der Waals surface area contributed by atoms with E-state index < -0.39 is 0 Å². The van der Waals surface area contributed by atoms with Gasteiger partial charge in [0.15, 0.2) is 0 Å². The van der Waals surface area contributed by atoms with Crippen LogP contribution in [0.3, 0.4) is 0 Å². The molecule has 0 aliphatic carbocycles. The lowest BCUT2D eigenvalue weighted by molar-refractivity contribution is 0.150. The fraction of sp³-hybridized carbons (Fsp3) is 0.818. The van der Waals surface area contributed by atoms with E-state index in [9.17, 15) is 5.11 Å². The van der Waals surface area contributed by atoms with Crippen LogP contribution in [0, 0.1) is 6.92 Å². The second kappa shape index (κ2) is 4.93. The molecule has 0 radical (unpaired) electrons. The monoisotopic (exact) mass is 224 g/mol. The van der Waals surface area contributed by atoms with Gasteiger partial charge in [0.05, 0.1) is 13.2 Å². The molecular formula is C11H20N4O. The zero-order valence-electron chi connectivity index (χ0n) is 10.1. The van der Waals surface area contributed by atoms with Crippen LogP contribution in [0.25, 0.3) is 0 Å². The van der Waals surface area contributed by atoms with E-state index in [-0.39, 0.29) is 6.61 Å². The van der Waals surface area contributed by atoms with Crippen LogP contribution in [0.5, 0.6) is 0 Å². The van der Waals surface area contributed by atoms with Crippen molar-refractivity contribution in [1.29, 1.82) is 0 Å². The normalized spacial score (nSPS) is 21.8. The molecule has 1 atom stereocenters. The molecule has 0 saturated carbocycles. The molecule has 90 valence electrons. The predicted molar refractivity (Wildman–Crippen MR) is 61.0 cm³/mol. The summed E-state index contributed by atoms with van der Waals surface area (Å²) in [5.41, 5.74) is 0. The van der Waals surface area contributed by atoms with Gasteiger partial charge in [0, 0.05) is 12.6 Å². The molecule has 1 N–H and O–H groups in total. The van der Waals surface area contributed by atoms with Gasteiger partial charge in [0.25, 0.3) is 0 Å². The Kier molecular flexibility index (Phi) is 3.56. The average Bonchev–Trinajstić information content (AvgIpc) is 2.86. The van der Waals surface area contributed by atoms with Crippen molar-refractivity contribution in [2.24, 2.45) is 0 Å². The zero-order valence-corrected chi connectivity index (χ0v) is 10.1. The molecule has 1 aliphatic rings. The summed E-state index contributed by atoms with van der Waals surface area (Å²) < 4.78 is 2.13. The van der Waals surface area contributed by atoms with Crippen molar-refractivity contribution in [2.45, 2.75) is 45.8 Å². The van der Waals surface area contributed by atoms with Gasteiger partial charge in [0.2, 0.25) is 0 Å². The molecule has 1 fully saturated rings. The molecule has 1 aliphatic heterocycles. The van der Waals surface area contributed by atoms with Gasteiger partial charge in [-0.05, 0) is 33.2 Å². The van der Waals surface area contributed by atoms with Crippen LogP contribution in [0.2, 0.25) is 0 Å². The van der Waals surface area contributed by atoms with E-state index in [1.165, 1.54) is 6.42 Å². The first-order valence-electron chi connectivity index (χ1n) is 5.99. The van der Waals surface area contributed by atoms with E-state index >= 15 is 0 Å². The first-order valence-corrected chi connectivity index (χ1v) is 5.99. The third-order valence-electron chi connectivity index (χ3n) is 3.38. The van der Waals surface area contributed by atoms with Crippen LogP contribution in [0.1, 0.15) is 31.4 Å². The molecule has 0 spiro atoms. The second-order valence-corrected chi connectivity index (χ2v) is 4.36. The first-order chi connectivity index (χ1) is 7.76. The van der Waals surface area contributed by atoms with Crippen LogP contribution in [0.15, 0.2) is 0 Å². The Morgan fingerprint density at radius 3 is 2.94 bits per heavy atom. The Morgan fingerprint density at radius 1 is 1.44 bits per heavy atom. The maximum atomic E-state index is 9.26. The molecule has 5 heteroatoms. The van der Waals surface area contributed by atoms with Gasteiger partial charge in [0.1, 0.15) is 11.6 Å². The maximum absolute atomic E-state index is 9.26. The Morgan fingerprint density at radius 2 is 2.25 bits per heavy atom. The van der Waals surface area contributed by atoms with Crippen LogP contribution < -0.4 is 0 Å². The number of likely N-dealkylation sites (tertiary alicyclic amines) is 1. The first kappa shape index (κ1) is 11.5. The molecule has 0 amide bonds. The van der Waals surface area contributed by atoms with Gasteiger partial charge in [-0.3, -0.25) is 4.90 Å². The summed E-state index contributed by atoms with van der Waals surface area (Å²) in [6, 6.07) is 0.308. The molecule has 2 heterocycles. The Balaban J connectivity index is 2.08. The highest BCUT2D eigenvalue weighted by atomic mass is 16.3. The minimum atomic E-state index is 0.249. The second-order valence-electron chi connectivity index (χ2n) is 4.36. The number of aliphatic hydroxyl groups excluding tert-OH is 1. The van der Waals surface area contributed by atoms with E-state index in [4.69, 9.17) is 0 Å². The third-order valence-corrected chi connectivity index (χ3v) is 3.38. The molecule has 16 heavy (non-hydrogen) atoms. The summed E-state index contributed by atoms with van der Waals surface area (Å²) >= 11 is 0. The van der Waals surface area contributed by atoms with Crippen molar-refractivity contribution < 1.29 is 5.11 Å². The van der Waals surface area contributed by atoms with E-state index in [0.29, 0.717) is 6.04 Å². The molecule has 2 rings (SSSR count). The van der Waals surface area contributed by atoms with Gasteiger partial charge < -0.3 is 9.67 Å². The molecule has 5 nitrogen and oxygen atoms in total. The number of aliphatic hydroxyl groups is 1. The third kappa shape index (κ3) is 2.10. The van der Waals surface area contributed by atoms with Crippen molar-refractivity contribution >= 4 is 0 Å². The quantitative estimate of drug-likeness (QED) is 0.812. The lowest BCUT2D eigenvalue weighted by Crippen LogP contribution is -2.32. The van der Waals surface area contributed by atoms with E-state index in [0.717, 1.165) is 37.7 Å². The van der Waals surface area contributed by atoms with Gasteiger partial charge in [-0.1, -0.05) is 0 Å². The smallest absolute Gasteiger partial charge is 0.147 e. The molecule has 1 aromatic heterocycles. The SMILES string of the molecule is CCn1c(C)nnc1CN1CCCC1CO. The number of nitrogens with zero attached hydrogens (tertiary/aromatic N) is 4. The zero-order chi connectivity index (χ0) is 11.5. The average molecular weight is 224 g/mol. The van der Waals surface area contributed by atoms with Crippen LogP contribution in [-0.4, -0.2) is 44.0 Å². The van der Waals surface area contributed by atoms with Crippen molar-refractivity contribution in [3.05, 3.63) is 11.6 Å². The lowest BCUT2D eigenvalue weighted by Gasteiger charge is -2.22. The minimum absolute atomic E-state index is 0.249. The predicted octanol–water partition coefficient (Wildman–Crippen LogP) is 0.563. The van der Waals surface area contributed by atoms with Crippen LogP contribution in [-0.2, 0) is 13.1 Å². The summed E-state index contributed by atoms with van der Waals surface area (Å²) in [5.74, 6) is 1.98. The number of hydrogen-bond acceptors (Lipinski definition) is 4. The molecule has 1 aromatic rings. The highest BCUT2D eigenvalue weighted by Crippen LogP contribution is 2.19. The summed E-state index contributed by atoms with van der Waals surface area (Å²) in [4.78, 5) is 2.30. The lowest BCUT2D eigenvalue weighted by atomic mass is 10.2. The standard InChI is InChI=1S/C11H20N4O/c1-3-15-9(2)12-13-11(15)7-14-6-4-5-10(14)8-16/h10,16H,3-8H2,1-2H3. The Labute approximate surface area is 96.1 Å². The summed E-state index contributed by atoms with van der Waals surface area (Å²) in [7, 11) is 0. The molecule has 1 unspecified atom stereocenters. The molecule has 1 saturated heterocycles. The van der Waals surface area contributed by atoms with Crippen molar-refractivity contribution in [3.8, 4) is 0 Å². The summed E-state index contributed by atoms with van der Waals surface area (Å²) in [5, 5.41) is 17.6. The number of aromatic nitrogens is 3. The van der Waals surface area contributed by atoms with Gasteiger partial charge >= 0.3 is 0 Å². The number of hydrogen-bond donors (Lipinski definition) is 1. The van der Waals surface area contributed by atoms with Gasteiger partial charge in [-0.2, -0.15) is 0 Å². The number of rotatable bonds is 4. The van der Waals surface area contributed by atoms with Crippen molar-refractivity contribution in [2.75, 3.05) is 13.2 Å². The Bertz CT molecular complexity index is 350. The van der Waals surface area contributed by atoms with E-state index in [1.54, 1.807) is 0 Å². The summed E-state index contributed by atoms with van der Waals surface area (Å²) in [6.07, 6.45) is 2.26. The molecule has 0 bridgehead atoms. The Hall–Kier alpha value is -0.940. The van der Waals surface area contributed by atoms with Crippen molar-refractivity contribution in [1.82, 2.24) is 19.7 Å². The van der Waals surface area contributed by atoms with Gasteiger partial charge in [-0.15, -0.1) is 10.2 Å². The number of aryl methyl sites for hydroxylation is 1. The fourth-order valence-corrected chi connectivity index (χ4v) is 2.44. The molecule has 0 aromatic carbocycles. The molecular weight excluding hydrogens is 204 g/mol. The van der Waals surface area contributed by atoms with Gasteiger partial charge in [-0.25, -0.2) is 0 Å². The van der Waals surface area contributed by atoms with E-state index in [1.807, 2.05) is 6.92 Å². The van der Waals surface area contributed by atoms with Crippen molar-refractivity contribution in [3.63, 3.8) is 0 Å². The largest absolute Gasteiger partial charge is 0.395 e. The van der Waals surface area contributed by atoms with Crippen LogP contribution >= 0.6 is 0 Å². The topological polar surface area (TPSA) is 54.2 Å².